The van der Waals surface area contributed by atoms with Crippen molar-refractivity contribution >= 4 is 11.8 Å². The van der Waals surface area contributed by atoms with E-state index in [1.54, 1.807) is 6.20 Å². The average molecular weight is 348 g/mol. The van der Waals surface area contributed by atoms with Crippen molar-refractivity contribution in [2.24, 2.45) is 11.8 Å². The van der Waals surface area contributed by atoms with Crippen molar-refractivity contribution in [3.63, 3.8) is 0 Å². The third-order valence-corrected chi connectivity index (χ3v) is 5.81. The van der Waals surface area contributed by atoms with Gasteiger partial charge in [-0.05, 0) is 44.4 Å². The summed E-state index contributed by atoms with van der Waals surface area (Å²) in [6.45, 7) is 2.96. The van der Waals surface area contributed by atoms with Crippen molar-refractivity contribution < 1.29 is 10.2 Å². The Morgan fingerprint density at radius 2 is 1.48 bits per heavy atom. The van der Waals surface area contributed by atoms with Crippen LogP contribution in [-0.4, -0.2) is 45.5 Å². The van der Waals surface area contributed by atoms with Crippen LogP contribution in [0.3, 0.4) is 0 Å². The normalized spacial score (nSPS) is 21.4. The molecule has 2 atom stereocenters. The van der Waals surface area contributed by atoms with E-state index in [9.17, 15) is 10.2 Å². The lowest BCUT2D eigenvalue weighted by Crippen LogP contribution is -2.28. The molecule has 25 heavy (non-hydrogen) atoms. The van der Waals surface area contributed by atoms with Crippen molar-refractivity contribution in [2.75, 3.05) is 23.7 Å². The predicted octanol–water partition coefficient (Wildman–Crippen LogP) is 2.71. The fraction of sp³-hybridized carbons (Fsp3) is 0.789. The maximum Gasteiger partial charge on any atom is 0.224 e. The van der Waals surface area contributed by atoms with E-state index in [2.05, 4.69) is 20.6 Å². The van der Waals surface area contributed by atoms with Crippen LogP contribution in [0.2, 0.25) is 0 Å². The SMILES string of the molecule is Cc1cnc(NCC(O)C2CCCC2)nc1NCC(O)C1CCCC1. The quantitative estimate of drug-likeness (QED) is 0.577. The maximum absolute atomic E-state index is 10.3. The summed E-state index contributed by atoms with van der Waals surface area (Å²) in [6, 6.07) is 0. The third-order valence-electron chi connectivity index (χ3n) is 5.81. The fourth-order valence-electron chi connectivity index (χ4n) is 4.12. The van der Waals surface area contributed by atoms with Gasteiger partial charge in [0.25, 0.3) is 0 Å². The second kappa shape index (κ2) is 8.81. The molecule has 0 aliphatic heterocycles. The van der Waals surface area contributed by atoms with E-state index in [1.165, 1.54) is 25.7 Å². The molecule has 0 spiro atoms. The lowest BCUT2D eigenvalue weighted by Gasteiger charge is -2.20. The zero-order chi connectivity index (χ0) is 17.6. The molecule has 2 aliphatic rings. The van der Waals surface area contributed by atoms with Gasteiger partial charge in [0.1, 0.15) is 5.82 Å². The molecule has 0 saturated heterocycles. The number of hydrogen-bond acceptors (Lipinski definition) is 6. The first kappa shape index (κ1) is 18.4. The summed E-state index contributed by atoms with van der Waals surface area (Å²) < 4.78 is 0. The summed E-state index contributed by atoms with van der Waals surface area (Å²) in [5, 5.41) is 27.0. The minimum absolute atomic E-state index is 0.322. The molecule has 2 fully saturated rings. The Labute approximate surface area is 150 Å². The van der Waals surface area contributed by atoms with E-state index in [4.69, 9.17) is 0 Å². The third kappa shape index (κ3) is 5.05. The standard InChI is InChI=1S/C19H32N4O2/c1-13-10-21-19(22-12-17(25)15-8-4-5-9-15)23-18(13)20-11-16(24)14-6-2-3-7-14/h10,14-17,24-25H,2-9,11-12H2,1H3,(H2,20,21,22,23). The van der Waals surface area contributed by atoms with E-state index < -0.39 is 0 Å². The van der Waals surface area contributed by atoms with Gasteiger partial charge in [-0.3, -0.25) is 0 Å². The van der Waals surface area contributed by atoms with Gasteiger partial charge in [0.05, 0.1) is 12.2 Å². The number of anilines is 2. The van der Waals surface area contributed by atoms with Gasteiger partial charge in [0.15, 0.2) is 0 Å². The zero-order valence-electron chi connectivity index (χ0n) is 15.2. The lowest BCUT2D eigenvalue weighted by atomic mass is 10.0. The van der Waals surface area contributed by atoms with Crippen molar-refractivity contribution in [3.05, 3.63) is 11.8 Å². The highest BCUT2D eigenvalue weighted by atomic mass is 16.3. The smallest absolute Gasteiger partial charge is 0.224 e. The number of rotatable bonds is 8. The molecule has 0 bridgehead atoms. The number of aryl methyl sites for hydroxylation is 1. The summed E-state index contributed by atoms with van der Waals surface area (Å²) in [7, 11) is 0. The van der Waals surface area contributed by atoms with Crippen LogP contribution < -0.4 is 10.6 Å². The second-order valence-corrected chi connectivity index (χ2v) is 7.71. The van der Waals surface area contributed by atoms with Gasteiger partial charge in [-0.15, -0.1) is 0 Å². The van der Waals surface area contributed by atoms with Gasteiger partial charge in [-0.2, -0.15) is 4.98 Å². The Hall–Kier alpha value is -1.40. The van der Waals surface area contributed by atoms with E-state index in [0.717, 1.165) is 37.1 Å². The predicted molar refractivity (Wildman–Crippen MR) is 99.7 cm³/mol. The van der Waals surface area contributed by atoms with Gasteiger partial charge >= 0.3 is 0 Å². The van der Waals surface area contributed by atoms with Gasteiger partial charge < -0.3 is 20.8 Å². The molecule has 4 N–H and O–H groups in total. The number of nitrogens with one attached hydrogen (secondary N) is 2. The first-order valence-electron chi connectivity index (χ1n) is 9.81. The van der Waals surface area contributed by atoms with E-state index in [0.29, 0.717) is 30.9 Å². The molecule has 0 aromatic carbocycles. The first-order valence-corrected chi connectivity index (χ1v) is 9.81. The van der Waals surface area contributed by atoms with Crippen molar-refractivity contribution in [1.82, 2.24) is 9.97 Å². The Bertz CT molecular complexity index is 542. The first-order chi connectivity index (χ1) is 12.1. The Balaban J connectivity index is 1.50. The Kier molecular flexibility index (Phi) is 6.48. The van der Waals surface area contributed by atoms with Crippen LogP contribution in [0.25, 0.3) is 0 Å². The summed E-state index contributed by atoms with van der Waals surface area (Å²) in [6.07, 6.45) is 10.5. The number of hydrogen-bond donors (Lipinski definition) is 4. The largest absolute Gasteiger partial charge is 0.391 e. The van der Waals surface area contributed by atoms with Crippen LogP contribution in [0.15, 0.2) is 6.20 Å². The molecule has 6 heteroatoms. The molecule has 0 radical (unpaired) electrons. The van der Waals surface area contributed by atoms with Gasteiger partial charge in [-0.25, -0.2) is 4.98 Å². The summed E-state index contributed by atoms with van der Waals surface area (Å²) in [4.78, 5) is 8.82. The van der Waals surface area contributed by atoms with Crippen LogP contribution in [0, 0.1) is 18.8 Å². The highest BCUT2D eigenvalue weighted by Crippen LogP contribution is 2.28. The minimum Gasteiger partial charge on any atom is -0.391 e. The van der Waals surface area contributed by atoms with Gasteiger partial charge in [-0.1, -0.05) is 25.7 Å². The molecular weight excluding hydrogens is 316 g/mol. The number of aliphatic hydroxyl groups excluding tert-OH is 2. The zero-order valence-corrected chi connectivity index (χ0v) is 15.2. The molecule has 0 amide bonds. The maximum atomic E-state index is 10.3. The van der Waals surface area contributed by atoms with E-state index in [1.807, 2.05) is 6.92 Å². The molecule has 3 rings (SSSR count). The molecular formula is C19H32N4O2. The molecule has 2 unspecified atom stereocenters. The van der Waals surface area contributed by atoms with Crippen molar-refractivity contribution in [2.45, 2.75) is 70.5 Å². The lowest BCUT2D eigenvalue weighted by molar-refractivity contribution is 0.122. The highest BCUT2D eigenvalue weighted by Gasteiger charge is 2.24. The van der Waals surface area contributed by atoms with Crippen molar-refractivity contribution in [3.8, 4) is 0 Å². The van der Waals surface area contributed by atoms with Crippen LogP contribution >= 0.6 is 0 Å². The molecule has 2 aliphatic carbocycles. The topological polar surface area (TPSA) is 90.3 Å². The number of aromatic nitrogens is 2. The number of nitrogens with zero attached hydrogens (tertiary/aromatic N) is 2. The van der Waals surface area contributed by atoms with Crippen molar-refractivity contribution in [1.29, 1.82) is 0 Å². The minimum atomic E-state index is -0.340. The van der Waals surface area contributed by atoms with E-state index in [-0.39, 0.29) is 12.2 Å². The molecule has 1 aromatic heterocycles. The van der Waals surface area contributed by atoms with Crippen LogP contribution in [0.5, 0.6) is 0 Å². The average Bonchev–Trinajstić information content (AvgIpc) is 3.32. The van der Waals surface area contributed by atoms with Crippen LogP contribution in [0.4, 0.5) is 11.8 Å². The molecule has 1 heterocycles. The fourth-order valence-corrected chi connectivity index (χ4v) is 4.12. The van der Waals surface area contributed by atoms with Gasteiger partial charge in [0, 0.05) is 24.8 Å². The Morgan fingerprint density at radius 3 is 2.04 bits per heavy atom. The summed E-state index contributed by atoms with van der Waals surface area (Å²) >= 11 is 0. The van der Waals surface area contributed by atoms with Crippen LogP contribution in [-0.2, 0) is 0 Å². The second-order valence-electron chi connectivity index (χ2n) is 7.71. The summed E-state index contributed by atoms with van der Waals surface area (Å²) in [5.74, 6) is 2.09. The Morgan fingerprint density at radius 1 is 0.960 bits per heavy atom. The van der Waals surface area contributed by atoms with E-state index >= 15 is 0 Å². The highest BCUT2D eigenvalue weighted by molar-refractivity contribution is 5.46. The monoisotopic (exact) mass is 348 g/mol. The van der Waals surface area contributed by atoms with Crippen LogP contribution in [0.1, 0.15) is 56.9 Å². The molecule has 140 valence electrons. The van der Waals surface area contributed by atoms with Gasteiger partial charge in [0.2, 0.25) is 5.95 Å². The molecule has 6 nitrogen and oxygen atoms in total. The summed E-state index contributed by atoms with van der Waals surface area (Å²) in [5.41, 5.74) is 0.959. The molecule has 2 saturated carbocycles. The number of aliphatic hydroxyl groups is 2. The molecule has 1 aromatic rings.